The molecule has 7 heteroatoms. The molecule has 0 heterocycles. The van der Waals surface area contributed by atoms with Gasteiger partial charge >= 0.3 is 5.97 Å². The van der Waals surface area contributed by atoms with E-state index < -0.39 is 16.1 Å². The molecule has 0 amide bonds. The standard InChI is InChI=1S/C6H11Cl2FN2O2/c7-6(8,9)5(11,4(12)13)2-1-3-10/h1-3,10-11H2,(H,12,13)/t5-/m0/s1. The smallest absolute Gasteiger partial charge is 0.329 e. The third-order valence-electron chi connectivity index (χ3n) is 1.66. The summed E-state index contributed by atoms with van der Waals surface area (Å²) in [5.41, 5.74) is 8.02. The van der Waals surface area contributed by atoms with Gasteiger partial charge < -0.3 is 16.6 Å². The molecular formula is C6H11Cl2FN2O2. The van der Waals surface area contributed by atoms with Crippen molar-refractivity contribution in [1.82, 2.24) is 0 Å². The van der Waals surface area contributed by atoms with E-state index in [1.54, 1.807) is 0 Å². The van der Waals surface area contributed by atoms with Gasteiger partial charge in [0.2, 0.25) is 0 Å². The molecule has 13 heavy (non-hydrogen) atoms. The van der Waals surface area contributed by atoms with Gasteiger partial charge in [0, 0.05) is 0 Å². The van der Waals surface area contributed by atoms with Gasteiger partial charge in [-0.25, -0.2) is 9.18 Å². The van der Waals surface area contributed by atoms with E-state index >= 15 is 0 Å². The largest absolute Gasteiger partial charge is 0.480 e. The summed E-state index contributed by atoms with van der Waals surface area (Å²) in [6, 6.07) is 0. The second-order valence-corrected chi connectivity index (χ2v) is 3.90. The first-order chi connectivity index (χ1) is 5.75. The van der Waals surface area contributed by atoms with Crippen LogP contribution in [0.2, 0.25) is 0 Å². The molecule has 0 bridgehead atoms. The molecule has 0 aliphatic carbocycles. The third kappa shape index (κ3) is 2.95. The molecule has 0 aromatic heterocycles. The Morgan fingerprint density at radius 2 is 2.00 bits per heavy atom. The van der Waals surface area contributed by atoms with E-state index in [9.17, 15) is 9.18 Å². The molecule has 0 aromatic carbocycles. The van der Waals surface area contributed by atoms with Gasteiger partial charge in [-0.05, 0) is 19.4 Å². The number of hydrogen-bond acceptors (Lipinski definition) is 3. The highest BCUT2D eigenvalue weighted by atomic mass is 35.5. The Balaban J connectivity index is 4.64. The van der Waals surface area contributed by atoms with E-state index in [4.69, 9.17) is 39.8 Å². The highest BCUT2D eigenvalue weighted by molar-refractivity contribution is 6.49. The number of rotatable bonds is 5. The van der Waals surface area contributed by atoms with Gasteiger partial charge in [0.05, 0.1) is 0 Å². The van der Waals surface area contributed by atoms with Crippen LogP contribution < -0.4 is 11.5 Å². The van der Waals surface area contributed by atoms with Crippen LogP contribution in [0.5, 0.6) is 0 Å². The van der Waals surface area contributed by atoms with Crippen molar-refractivity contribution in [2.75, 3.05) is 6.54 Å². The maximum atomic E-state index is 13.0. The molecule has 0 fully saturated rings. The normalized spacial score (nSPS) is 16.7. The average Bonchev–Trinajstić information content (AvgIpc) is 1.97. The van der Waals surface area contributed by atoms with Gasteiger partial charge in [-0.15, -0.1) is 0 Å². The Morgan fingerprint density at radius 3 is 2.23 bits per heavy atom. The number of aliphatic carboxylic acids is 1. The zero-order valence-corrected chi connectivity index (χ0v) is 8.28. The number of alkyl halides is 3. The van der Waals surface area contributed by atoms with Crippen LogP contribution in [0.15, 0.2) is 0 Å². The first-order valence-corrected chi connectivity index (χ1v) is 4.30. The molecule has 5 N–H and O–H groups in total. The molecule has 0 rings (SSSR count). The monoisotopic (exact) mass is 232 g/mol. The van der Waals surface area contributed by atoms with Crippen molar-refractivity contribution in [1.29, 1.82) is 0 Å². The number of halogens is 3. The van der Waals surface area contributed by atoms with E-state index in [1.165, 1.54) is 0 Å². The van der Waals surface area contributed by atoms with E-state index in [0.29, 0.717) is 0 Å². The van der Waals surface area contributed by atoms with Crippen molar-refractivity contribution in [3.63, 3.8) is 0 Å². The van der Waals surface area contributed by atoms with Crippen molar-refractivity contribution in [2.24, 2.45) is 11.5 Å². The molecule has 0 unspecified atom stereocenters. The fraction of sp³-hybridized carbons (Fsp3) is 0.833. The summed E-state index contributed by atoms with van der Waals surface area (Å²) in [6.45, 7) is 0.191. The van der Waals surface area contributed by atoms with E-state index in [-0.39, 0.29) is 19.4 Å². The molecule has 4 nitrogen and oxygen atoms in total. The molecule has 0 saturated heterocycles. The lowest BCUT2D eigenvalue weighted by molar-refractivity contribution is -0.145. The lowest BCUT2D eigenvalue weighted by atomic mass is 9.96. The quantitative estimate of drug-likeness (QED) is 0.607. The first kappa shape index (κ1) is 12.9. The van der Waals surface area contributed by atoms with Crippen LogP contribution in [0.4, 0.5) is 4.39 Å². The number of carboxylic acid groups (broad SMARTS) is 1. The predicted molar refractivity (Wildman–Crippen MR) is 48.4 cm³/mol. The summed E-state index contributed by atoms with van der Waals surface area (Å²) in [4.78, 5) is 10.6. The Kier molecular flexibility index (Phi) is 4.38. The number of nitrogens with two attached hydrogens (primary N) is 2. The van der Waals surface area contributed by atoms with Gasteiger partial charge in [-0.1, -0.05) is 23.2 Å². The number of hydrogen-bond donors (Lipinski definition) is 3. The van der Waals surface area contributed by atoms with Gasteiger partial charge in [0.25, 0.3) is 4.59 Å². The zero-order valence-electron chi connectivity index (χ0n) is 6.77. The maximum absolute atomic E-state index is 13.0. The van der Waals surface area contributed by atoms with Crippen LogP contribution in [-0.4, -0.2) is 27.7 Å². The molecule has 0 saturated carbocycles. The highest BCUT2D eigenvalue weighted by Gasteiger charge is 2.53. The topological polar surface area (TPSA) is 89.3 Å². The molecule has 0 aromatic rings. The SMILES string of the molecule is NCCC[C@](N)(C(=O)O)C(F)(Cl)Cl. The second-order valence-electron chi connectivity index (χ2n) is 2.67. The maximum Gasteiger partial charge on any atom is 0.329 e. The molecule has 0 spiro atoms. The molecule has 78 valence electrons. The summed E-state index contributed by atoms with van der Waals surface area (Å²) >= 11 is 10.0. The molecule has 0 aliphatic rings. The van der Waals surface area contributed by atoms with Crippen LogP contribution in [0, 0.1) is 0 Å². The summed E-state index contributed by atoms with van der Waals surface area (Å²) in [5, 5.41) is 8.62. The predicted octanol–water partition coefficient (Wildman–Crippen LogP) is 0.608. The Labute approximate surface area is 85.0 Å². The van der Waals surface area contributed by atoms with E-state index in [1.807, 2.05) is 0 Å². The summed E-state index contributed by atoms with van der Waals surface area (Å²) in [6.07, 6.45) is 0.0102. The van der Waals surface area contributed by atoms with E-state index in [0.717, 1.165) is 0 Å². The molecule has 1 atom stereocenters. The molecule has 0 aliphatic heterocycles. The fourth-order valence-corrected chi connectivity index (χ4v) is 1.10. The van der Waals surface area contributed by atoms with Gasteiger partial charge in [0.15, 0.2) is 5.54 Å². The van der Waals surface area contributed by atoms with Crippen molar-refractivity contribution < 1.29 is 14.3 Å². The first-order valence-electron chi connectivity index (χ1n) is 3.55. The summed E-state index contributed by atoms with van der Waals surface area (Å²) in [7, 11) is 0. The van der Waals surface area contributed by atoms with Gasteiger partial charge in [0.1, 0.15) is 0 Å². The van der Waals surface area contributed by atoms with Crippen molar-refractivity contribution in [3.05, 3.63) is 0 Å². The second kappa shape index (κ2) is 4.41. The average molecular weight is 233 g/mol. The Morgan fingerprint density at radius 1 is 1.54 bits per heavy atom. The molecular weight excluding hydrogens is 222 g/mol. The zero-order chi connectivity index (χ0) is 10.7. The van der Waals surface area contributed by atoms with Gasteiger partial charge in [-0.2, -0.15) is 0 Å². The van der Waals surface area contributed by atoms with Crippen LogP contribution in [-0.2, 0) is 4.79 Å². The highest BCUT2D eigenvalue weighted by Crippen LogP contribution is 2.36. The van der Waals surface area contributed by atoms with Crippen LogP contribution in [0.1, 0.15) is 12.8 Å². The summed E-state index contributed by atoms with van der Waals surface area (Å²) < 4.78 is 9.99. The van der Waals surface area contributed by atoms with Crippen LogP contribution in [0.3, 0.4) is 0 Å². The van der Waals surface area contributed by atoms with Crippen molar-refractivity contribution in [3.8, 4) is 0 Å². The lowest BCUT2D eigenvalue weighted by Gasteiger charge is -2.29. The minimum Gasteiger partial charge on any atom is -0.480 e. The van der Waals surface area contributed by atoms with Crippen molar-refractivity contribution in [2.45, 2.75) is 23.0 Å². The Bertz CT molecular complexity index is 198. The minimum absolute atomic E-state index is 0.191. The Hall–Kier alpha value is -0.100. The van der Waals surface area contributed by atoms with Crippen LogP contribution >= 0.6 is 23.2 Å². The third-order valence-corrected chi connectivity index (χ3v) is 2.34. The minimum atomic E-state index is -3.01. The number of carbonyl (C=O) groups is 1. The number of carboxylic acids is 1. The molecule has 0 radical (unpaired) electrons. The fourth-order valence-electron chi connectivity index (χ4n) is 0.751. The van der Waals surface area contributed by atoms with Crippen LogP contribution in [0.25, 0.3) is 0 Å². The summed E-state index contributed by atoms with van der Waals surface area (Å²) in [5.74, 6) is -1.59. The van der Waals surface area contributed by atoms with Gasteiger partial charge in [-0.3, -0.25) is 0 Å². The van der Waals surface area contributed by atoms with Crippen molar-refractivity contribution >= 4 is 29.2 Å². The lowest BCUT2D eigenvalue weighted by Crippen LogP contribution is -2.58. The van der Waals surface area contributed by atoms with E-state index in [2.05, 4.69) is 0 Å².